The molecule has 0 aliphatic carbocycles. The van der Waals surface area contributed by atoms with Gasteiger partial charge in [0.1, 0.15) is 5.60 Å². The van der Waals surface area contributed by atoms with E-state index >= 15 is 0 Å². The van der Waals surface area contributed by atoms with Gasteiger partial charge in [-0.05, 0) is 53.5 Å². The molecule has 2 fully saturated rings. The van der Waals surface area contributed by atoms with Gasteiger partial charge in [0.05, 0.1) is 5.60 Å². The quantitative estimate of drug-likeness (QED) is 0.801. The highest BCUT2D eigenvalue weighted by atomic mass is 16.6. The Hall–Kier alpha value is -0.810. The van der Waals surface area contributed by atoms with Crippen LogP contribution in [0.2, 0.25) is 0 Å². The molecule has 2 aliphatic rings. The molecule has 2 aliphatic heterocycles. The van der Waals surface area contributed by atoms with E-state index in [1.807, 2.05) is 32.7 Å². The van der Waals surface area contributed by atoms with Crippen molar-refractivity contribution < 1.29 is 14.3 Å². The van der Waals surface area contributed by atoms with E-state index in [1.54, 1.807) is 0 Å². The van der Waals surface area contributed by atoms with Gasteiger partial charge in [0.15, 0.2) is 0 Å². The van der Waals surface area contributed by atoms with Crippen LogP contribution in [0, 0.1) is 0 Å². The van der Waals surface area contributed by atoms with Crippen molar-refractivity contribution in [2.45, 2.75) is 63.7 Å². The summed E-state index contributed by atoms with van der Waals surface area (Å²) in [6.45, 7) is 7.98. The number of rotatable bonds is 1. The number of nitrogens with zero attached hydrogens (tertiary/aromatic N) is 1. The van der Waals surface area contributed by atoms with Crippen molar-refractivity contribution >= 4 is 6.09 Å². The molecule has 1 N–H and O–H groups in total. The zero-order chi connectivity index (χ0) is 14.8. The Balaban J connectivity index is 1.87. The van der Waals surface area contributed by atoms with Gasteiger partial charge in [-0.3, -0.25) is 0 Å². The fourth-order valence-corrected chi connectivity index (χ4v) is 3.05. The van der Waals surface area contributed by atoms with E-state index in [-0.39, 0.29) is 11.7 Å². The van der Waals surface area contributed by atoms with Crippen LogP contribution >= 0.6 is 0 Å². The van der Waals surface area contributed by atoms with Crippen LogP contribution in [0.1, 0.15) is 46.5 Å². The number of hydrogen-bond acceptors (Lipinski definition) is 4. The minimum Gasteiger partial charge on any atom is -0.444 e. The van der Waals surface area contributed by atoms with E-state index in [0.717, 1.165) is 45.4 Å². The molecule has 2 rings (SSSR count). The molecule has 1 amide bonds. The van der Waals surface area contributed by atoms with Crippen LogP contribution in [0.5, 0.6) is 0 Å². The van der Waals surface area contributed by atoms with Crippen LogP contribution < -0.4 is 5.32 Å². The van der Waals surface area contributed by atoms with E-state index in [2.05, 4.69) is 5.32 Å². The summed E-state index contributed by atoms with van der Waals surface area (Å²) in [6, 6.07) is 0.539. The van der Waals surface area contributed by atoms with Crippen LogP contribution in [-0.2, 0) is 9.47 Å². The number of carbonyl (C=O) groups excluding carboxylic acids is 1. The first-order valence-electron chi connectivity index (χ1n) is 7.63. The monoisotopic (exact) mass is 284 g/mol. The Morgan fingerprint density at radius 1 is 1.35 bits per heavy atom. The molecule has 0 radical (unpaired) electrons. The molecular formula is C15H28N2O3. The first-order chi connectivity index (χ1) is 9.34. The van der Waals surface area contributed by atoms with Crippen molar-refractivity contribution in [3.8, 4) is 0 Å². The number of carbonyl (C=O) groups is 1. The van der Waals surface area contributed by atoms with E-state index in [0.29, 0.717) is 6.04 Å². The van der Waals surface area contributed by atoms with Crippen LogP contribution in [0.15, 0.2) is 0 Å². The second-order valence-electron chi connectivity index (χ2n) is 6.98. The maximum atomic E-state index is 12.1. The second-order valence-corrected chi connectivity index (χ2v) is 6.98. The van der Waals surface area contributed by atoms with Crippen molar-refractivity contribution in [2.75, 3.05) is 26.7 Å². The lowest BCUT2D eigenvalue weighted by atomic mass is 9.82. The van der Waals surface area contributed by atoms with Crippen LogP contribution in [0.3, 0.4) is 0 Å². The Labute approximate surface area is 122 Å². The highest BCUT2D eigenvalue weighted by Crippen LogP contribution is 2.35. The molecule has 5 heteroatoms. The topological polar surface area (TPSA) is 50.8 Å². The lowest BCUT2D eigenvalue weighted by Gasteiger charge is -2.46. The fraction of sp³-hybridized carbons (Fsp3) is 0.933. The Morgan fingerprint density at radius 3 is 2.55 bits per heavy atom. The maximum absolute atomic E-state index is 12.1. The summed E-state index contributed by atoms with van der Waals surface area (Å²) < 4.78 is 11.5. The van der Waals surface area contributed by atoms with E-state index in [1.165, 1.54) is 0 Å². The van der Waals surface area contributed by atoms with Crippen molar-refractivity contribution in [1.82, 2.24) is 10.2 Å². The normalized spacial score (nSPS) is 26.6. The smallest absolute Gasteiger partial charge is 0.410 e. The van der Waals surface area contributed by atoms with Gasteiger partial charge >= 0.3 is 6.09 Å². The Bertz CT molecular complexity index is 344. The predicted molar refractivity (Wildman–Crippen MR) is 77.8 cm³/mol. The first-order valence-corrected chi connectivity index (χ1v) is 7.63. The molecule has 2 heterocycles. The average molecular weight is 284 g/mol. The standard InChI is InChI=1S/C15H28N2O3/c1-14(2,3)20-13(18)17-8-6-15(7-9-17)11-12(16-4)5-10-19-15/h12,16H,5-11H2,1-4H3. The first kappa shape index (κ1) is 15.6. The second kappa shape index (κ2) is 5.90. The van der Waals surface area contributed by atoms with Gasteiger partial charge in [0.2, 0.25) is 0 Å². The Kier molecular flexibility index (Phi) is 4.59. The van der Waals surface area contributed by atoms with Gasteiger partial charge in [-0.25, -0.2) is 4.79 Å². The number of hydrogen-bond donors (Lipinski definition) is 1. The van der Waals surface area contributed by atoms with Gasteiger partial charge in [0, 0.05) is 25.7 Å². The molecule has 0 saturated carbocycles. The fourth-order valence-electron chi connectivity index (χ4n) is 3.05. The maximum Gasteiger partial charge on any atom is 0.410 e. The van der Waals surface area contributed by atoms with Crippen LogP contribution in [-0.4, -0.2) is 55.0 Å². The lowest BCUT2D eigenvalue weighted by molar-refractivity contribution is -0.118. The molecule has 1 spiro atoms. The predicted octanol–water partition coefficient (Wildman–Crippen LogP) is 2.15. The molecular weight excluding hydrogens is 256 g/mol. The van der Waals surface area contributed by atoms with Gasteiger partial charge in [0.25, 0.3) is 0 Å². The lowest BCUT2D eigenvalue weighted by Crippen LogP contribution is -2.54. The summed E-state index contributed by atoms with van der Waals surface area (Å²) in [5.41, 5.74) is -0.463. The zero-order valence-electron chi connectivity index (χ0n) is 13.2. The number of ether oxygens (including phenoxy) is 2. The third-order valence-electron chi connectivity index (χ3n) is 4.23. The highest BCUT2D eigenvalue weighted by molar-refractivity contribution is 5.68. The molecule has 1 unspecified atom stereocenters. The molecule has 0 aromatic heterocycles. The Morgan fingerprint density at radius 2 is 2.00 bits per heavy atom. The number of nitrogens with one attached hydrogen (secondary N) is 1. The average Bonchev–Trinajstić information content (AvgIpc) is 2.37. The summed E-state index contributed by atoms with van der Waals surface area (Å²) in [7, 11) is 2.01. The minimum absolute atomic E-state index is 0.0373. The van der Waals surface area contributed by atoms with Gasteiger partial charge < -0.3 is 19.7 Å². The number of amides is 1. The van der Waals surface area contributed by atoms with Crippen LogP contribution in [0.25, 0.3) is 0 Å². The molecule has 116 valence electrons. The van der Waals surface area contributed by atoms with Crippen molar-refractivity contribution in [3.63, 3.8) is 0 Å². The summed E-state index contributed by atoms with van der Waals surface area (Å²) in [6.07, 6.45) is 3.74. The molecule has 5 nitrogen and oxygen atoms in total. The summed E-state index contributed by atoms with van der Waals surface area (Å²) in [4.78, 5) is 13.9. The third-order valence-corrected chi connectivity index (χ3v) is 4.23. The third kappa shape index (κ3) is 3.85. The van der Waals surface area contributed by atoms with Crippen LogP contribution in [0.4, 0.5) is 4.79 Å². The van der Waals surface area contributed by atoms with Gasteiger partial charge in [-0.15, -0.1) is 0 Å². The number of piperidine rings is 1. The molecule has 0 bridgehead atoms. The molecule has 0 aromatic rings. The van der Waals surface area contributed by atoms with E-state index in [4.69, 9.17) is 9.47 Å². The largest absolute Gasteiger partial charge is 0.444 e. The molecule has 2 saturated heterocycles. The van der Waals surface area contributed by atoms with Crippen molar-refractivity contribution in [2.24, 2.45) is 0 Å². The van der Waals surface area contributed by atoms with Crippen molar-refractivity contribution in [3.05, 3.63) is 0 Å². The minimum atomic E-state index is -0.426. The molecule has 20 heavy (non-hydrogen) atoms. The molecule has 0 aromatic carbocycles. The summed E-state index contributed by atoms with van der Waals surface area (Å²) in [5, 5.41) is 3.36. The SMILES string of the molecule is CNC1CCOC2(CCN(C(=O)OC(C)(C)C)CC2)C1. The summed E-state index contributed by atoms with van der Waals surface area (Å²) >= 11 is 0. The van der Waals surface area contributed by atoms with E-state index < -0.39 is 5.60 Å². The highest BCUT2D eigenvalue weighted by Gasteiger charge is 2.41. The number of likely N-dealkylation sites (tertiary alicyclic amines) is 1. The summed E-state index contributed by atoms with van der Waals surface area (Å²) in [5.74, 6) is 0. The van der Waals surface area contributed by atoms with Gasteiger partial charge in [-0.1, -0.05) is 0 Å². The molecule has 1 atom stereocenters. The van der Waals surface area contributed by atoms with Crippen molar-refractivity contribution in [1.29, 1.82) is 0 Å². The van der Waals surface area contributed by atoms with E-state index in [9.17, 15) is 4.79 Å². The van der Waals surface area contributed by atoms with Gasteiger partial charge in [-0.2, -0.15) is 0 Å². The zero-order valence-corrected chi connectivity index (χ0v) is 13.2.